The van der Waals surface area contributed by atoms with Gasteiger partial charge in [0.1, 0.15) is 5.69 Å². The van der Waals surface area contributed by atoms with Crippen LogP contribution in [0.2, 0.25) is 18.1 Å². The van der Waals surface area contributed by atoms with Gasteiger partial charge in [0.05, 0.1) is 18.7 Å². The van der Waals surface area contributed by atoms with E-state index in [1.165, 1.54) is 0 Å². The van der Waals surface area contributed by atoms with Crippen LogP contribution in [0.25, 0.3) is 10.9 Å². The molecule has 26 heavy (non-hydrogen) atoms. The van der Waals surface area contributed by atoms with Gasteiger partial charge in [0.2, 0.25) is 0 Å². The number of aromatic nitrogens is 2. The maximum absolute atomic E-state index is 10.8. The Morgan fingerprint density at radius 3 is 2.50 bits per heavy atom. The SMILES string of the molecule is CC(C)(C)[Si](C)(C)OCCn1nc(C(O)N2CCCC2)c2ccccc21. The Morgan fingerprint density at radius 2 is 1.85 bits per heavy atom. The number of aliphatic hydroxyl groups is 1. The largest absolute Gasteiger partial charge is 0.415 e. The van der Waals surface area contributed by atoms with Crippen molar-refractivity contribution in [2.75, 3.05) is 19.7 Å². The number of aliphatic hydroxyl groups excluding tert-OH is 1. The zero-order chi connectivity index (χ0) is 18.9. The second kappa shape index (κ2) is 7.42. The van der Waals surface area contributed by atoms with E-state index in [0.717, 1.165) is 42.5 Å². The van der Waals surface area contributed by atoms with Crippen LogP contribution in [0.15, 0.2) is 24.3 Å². The molecule has 0 radical (unpaired) electrons. The number of fused-ring (bicyclic) bond motifs is 1. The van der Waals surface area contributed by atoms with E-state index in [-0.39, 0.29) is 5.04 Å². The van der Waals surface area contributed by atoms with Crippen LogP contribution in [0.5, 0.6) is 0 Å². The van der Waals surface area contributed by atoms with Gasteiger partial charge in [0, 0.05) is 18.5 Å². The van der Waals surface area contributed by atoms with Gasteiger partial charge in [-0.3, -0.25) is 9.58 Å². The Balaban J connectivity index is 1.79. The number of nitrogens with zero attached hydrogens (tertiary/aromatic N) is 3. The molecule has 0 amide bonds. The topological polar surface area (TPSA) is 50.5 Å². The van der Waals surface area contributed by atoms with Crippen molar-refractivity contribution in [1.82, 2.24) is 14.7 Å². The van der Waals surface area contributed by atoms with Gasteiger partial charge in [0.15, 0.2) is 14.5 Å². The summed E-state index contributed by atoms with van der Waals surface area (Å²) in [6.45, 7) is 14.6. The Morgan fingerprint density at radius 1 is 1.19 bits per heavy atom. The molecule has 0 aliphatic carbocycles. The third kappa shape index (κ3) is 3.88. The number of rotatable bonds is 6. The smallest absolute Gasteiger partial charge is 0.192 e. The van der Waals surface area contributed by atoms with Gasteiger partial charge in [0.25, 0.3) is 0 Å². The lowest BCUT2D eigenvalue weighted by Gasteiger charge is -2.36. The molecule has 6 heteroatoms. The highest BCUT2D eigenvalue weighted by atomic mass is 28.4. The summed E-state index contributed by atoms with van der Waals surface area (Å²) in [5, 5.41) is 16.8. The number of para-hydroxylation sites is 1. The van der Waals surface area contributed by atoms with Crippen molar-refractivity contribution in [2.24, 2.45) is 0 Å². The van der Waals surface area contributed by atoms with Gasteiger partial charge < -0.3 is 9.53 Å². The number of benzene rings is 1. The van der Waals surface area contributed by atoms with E-state index in [2.05, 4.69) is 50.9 Å². The molecule has 1 N–H and O–H groups in total. The van der Waals surface area contributed by atoms with E-state index in [1.54, 1.807) is 0 Å². The van der Waals surface area contributed by atoms with E-state index in [9.17, 15) is 5.11 Å². The van der Waals surface area contributed by atoms with Crippen LogP contribution in [0.1, 0.15) is 45.5 Å². The van der Waals surface area contributed by atoms with Crippen molar-refractivity contribution in [2.45, 2.75) is 64.5 Å². The first kappa shape index (κ1) is 19.5. The normalized spacial score (nSPS) is 17.9. The van der Waals surface area contributed by atoms with Crippen molar-refractivity contribution >= 4 is 19.2 Å². The van der Waals surface area contributed by atoms with Crippen molar-refractivity contribution in [3.05, 3.63) is 30.0 Å². The van der Waals surface area contributed by atoms with Crippen LogP contribution in [-0.4, -0.2) is 47.8 Å². The highest BCUT2D eigenvalue weighted by Gasteiger charge is 2.37. The van der Waals surface area contributed by atoms with Gasteiger partial charge in [-0.2, -0.15) is 5.10 Å². The van der Waals surface area contributed by atoms with Crippen LogP contribution in [0, 0.1) is 0 Å². The van der Waals surface area contributed by atoms with Gasteiger partial charge in [-0.25, -0.2) is 0 Å². The van der Waals surface area contributed by atoms with E-state index in [0.29, 0.717) is 13.2 Å². The van der Waals surface area contributed by atoms with Crippen LogP contribution in [0.4, 0.5) is 0 Å². The number of likely N-dealkylation sites (tertiary alicyclic amines) is 1. The summed E-state index contributed by atoms with van der Waals surface area (Å²) in [6.07, 6.45) is 1.68. The van der Waals surface area contributed by atoms with Crippen LogP contribution in [0.3, 0.4) is 0 Å². The average molecular weight is 376 g/mol. The van der Waals surface area contributed by atoms with Crippen molar-refractivity contribution < 1.29 is 9.53 Å². The predicted molar refractivity (Wildman–Crippen MR) is 109 cm³/mol. The molecule has 3 rings (SSSR count). The Kier molecular flexibility index (Phi) is 5.58. The van der Waals surface area contributed by atoms with Crippen LogP contribution >= 0.6 is 0 Å². The first-order valence-electron chi connectivity index (χ1n) is 9.72. The van der Waals surface area contributed by atoms with Gasteiger partial charge >= 0.3 is 0 Å². The monoisotopic (exact) mass is 375 g/mol. The minimum absolute atomic E-state index is 0.205. The standard InChI is InChI=1S/C20H33N3O2Si/c1-20(2,3)26(4,5)25-15-14-23-17-11-7-6-10-16(17)18(21-23)19(24)22-12-8-9-13-22/h6-7,10-11,19,24H,8-9,12-15H2,1-5H3. The summed E-state index contributed by atoms with van der Waals surface area (Å²) < 4.78 is 8.32. The summed E-state index contributed by atoms with van der Waals surface area (Å²) in [4.78, 5) is 2.12. The molecule has 0 saturated carbocycles. The molecule has 1 fully saturated rings. The van der Waals surface area contributed by atoms with Crippen molar-refractivity contribution in [3.63, 3.8) is 0 Å². The summed E-state index contributed by atoms with van der Waals surface area (Å²) >= 11 is 0. The maximum atomic E-state index is 10.8. The third-order valence-corrected chi connectivity index (χ3v) is 10.5. The van der Waals surface area contributed by atoms with Crippen LogP contribution in [-0.2, 0) is 11.0 Å². The molecule has 0 spiro atoms. The number of hydrogen-bond acceptors (Lipinski definition) is 4. The lowest BCUT2D eigenvalue weighted by molar-refractivity contribution is 0.0161. The quantitative estimate of drug-likeness (QED) is 0.771. The molecule has 144 valence electrons. The summed E-state index contributed by atoms with van der Waals surface area (Å²) in [7, 11) is -1.76. The highest BCUT2D eigenvalue weighted by molar-refractivity contribution is 6.74. The molecule has 1 aliphatic heterocycles. The Labute approximate surface area is 158 Å². The minimum Gasteiger partial charge on any atom is -0.415 e. The minimum atomic E-state index is -1.76. The van der Waals surface area contributed by atoms with Crippen molar-refractivity contribution in [1.29, 1.82) is 0 Å². The summed E-state index contributed by atoms with van der Waals surface area (Å²) in [5.41, 5.74) is 1.84. The molecule has 5 nitrogen and oxygen atoms in total. The predicted octanol–water partition coefficient (Wildman–Crippen LogP) is 4.14. The molecule has 1 atom stereocenters. The van der Waals surface area contributed by atoms with Gasteiger partial charge in [-0.1, -0.05) is 39.0 Å². The number of hydrogen-bond donors (Lipinski definition) is 1. The molecule has 1 aliphatic rings. The lowest BCUT2D eigenvalue weighted by atomic mass is 10.2. The van der Waals surface area contributed by atoms with Gasteiger partial charge in [-0.15, -0.1) is 0 Å². The van der Waals surface area contributed by atoms with Crippen molar-refractivity contribution in [3.8, 4) is 0 Å². The zero-order valence-corrected chi connectivity index (χ0v) is 17.8. The fourth-order valence-corrected chi connectivity index (χ4v) is 4.31. The maximum Gasteiger partial charge on any atom is 0.192 e. The molecule has 1 aromatic heterocycles. The molecule has 2 heterocycles. The molecule has 1 saturated heterocycles. The van der Waals surface area contributed by atoms with E-state index >= 15 is 0 Å². The molecule has 0 bridgehead atoms. The molecule has 1 aromatic carbocycles. The van der Waals surface area contributed by atoms with Gasteiger partial charge in [-0.05, 0) is 37.0 Å². The lowest BCUT2D eigenvalue weighted by Crippen LogP contribution is -2.41. The Bertz CT molecular complexity index is 745. The first-order valence-corrected chi connectivity index (χ1v) is 12.6. The van der Waals surface area contributed by atoms with Crippen LogP contribution < -0.4 is 0 Å². The van der Waals surface area contributed by atoms with E-state index in [1.807, 2.05) is 16.8 Å². The average Bonchev–Trinajstić information content (AvgIpc) is 3.21. The summed E-state index contributed by atoms with van der Waals surface area (Å²) in [6, 6.07) is 8.18. The molecular weight excluding hydrogens is 342 g/mol. The zero-order valence-electron chi connectivity index (χ0n) is 16.8. The van der Waals surface area contributed by atoms with E-state index < -0.39 is 14.5 Å². The first-order chi connectivity index (χ1) is 12.2. The molecule has 1 unspecified atom stereocenters. The second-order valence-corrected chi connectivity index (χ2v) is 13.7. The second-order valence-electron chi connectivity index (χ2n) is 8.85. The highest BCUT2D eigenvalue weighted by Crippen LogP contribution is 2.36. The fraction of sp³-hybridized carbons (Fsp3) is 0.650. The van der Waals surface area contributed by atoms with E-state index in [4.69, 9.17) is 9.52 Å². The third-order valence-electron chi connectivity index (χ3n) is 5.99. The fourth-order valence-electron chi connectivity index (χ4n) is 3.28. The molecule has 2 aromatic rings. The Hall–Kier alpha value is -1.21. The molecular formula is C20H33N3O2Si. The summed E-state index contributed by atoms with van der Waals surface area (Å²) in [5.74, 6) is 0.